The van der Waals surface area contributed by atoms with E-state index in [2.05, 4.69) is 15.8 Å². The second-order valence-corrected chi connectivity index (χ2v) is 4.97. The summed E-state index contributed by atoms with van der Waals surface area (Å²) in [6, 6.07) is 0. The average molecular weight is 367 g/mol. The van der Waals surface area contributed by atoms with Crippen molar-refractivity contribution in [3.05, 3.63) is 0 Å². The molecule has 0 amide bonds. The molecule has 15 heteroatoms. The van der Waals surface area contributed by atoms with Crippen molar-refractivity contribution in [1.82, 2.24) is 0 Å². The van der Waals surface area contributed by atoms with Crippen LogP contribution in [0.15, 0.2) is 0 Å². The maximum absolute atomic E-state index is 9.87. The summed E-state index contributed by atoms with van der Waals surface area (Å²) in [5, 5.41) is 41.2. The molecule has 0 heterocycles. The van der Waals surface area contributed by atoms with E-state index in [0.29, 0.717) is 0 Å². The molecule has 6 unspecified atom stereocenters. The molecule has 0 spiro atoms. The zero-order chi connectivity index (χ0) is 18.5. The molecule has 0 rings (SSSR count). The number of hydrogen-bond acceptors (Lipinski definition) is 9. The van der Waals surface area contributed by atoms with Crippen molar-refractivity contribution < 1.29 is 48.4 Å². The number of guanidine groups is 1. The Morgan fingerprint density at radius 3 is 1.55 bits per heavy atom. The number of nitrogens with two attached hydrogens (primary N) is 2. The quantitative estimate of drug-likeness (QED) is 0.0972. The van der Waals surface area contributed by atoms with Gasteiger partial charge in [0.05, 0.1) is 6.10 Å². The number of carbonyl (C=O) groups is 1. The molecule has 130 valence electrons. The molecule has 0 aromatic rings. The Hall–Kier alpha value is -1.14. The smallest absolute Gasteiger partial charge is 0.391 e. The number of aldehydes is 1. The topological polar surface area (TPSA) is 258 Å². The molecule has 13 nitrogen and oxygen atoms in total. The molecule has 0 saturated heterocycles. The van der Waals surface area contributed by atoms with Crippen LogP contribution < -0.4 is 11.5 Å². The maximum Gasteiger partial charge on any atom is 0.745 e. The summed E-state index contributed by atoms with van der Waals surface area (Å²) in [5.41, 5.74) is 8.94. The molecule has 0 fully saturated rings. The summed E-state index contributed by atoms with van der Waals surface area (Å²) >= 11 is 0. The fraction of sp³-hybridized carbons (Fsp3) is 0.714. The van der Waals surface area contributed by atoms with Crippen LogP contribution in [0.3, 0.4) is 0 Å². The minimum absolute atomic E-state index is 0.0935. The lowest BCUT2D eigenvalue weighted by Crippen LogP contribution is -2.43. The molecule has 11 N–H and O–H groups in total. The van der Waals surface area contributed by atoms with Crippen molar-refractivity contribution in [2.45, 2.75) is 31.3 Å². The van der Waals surface area contributed by atoms with E-state index >= 15 is 0 Å². The monoisotopic (exact) mass is 367 g/mol. The van der Waals surface area contributed by atoms with Gasteiger partial charge in [0.2, 0.25) is 0 Å². The summed E-state index contributed by atoms with van der Waals surface area (Å²) in [5.74, 6) is -0.333. The Kier molecular flexibility index (Phi) is 17.3. The van der Waals surface area contributed by atoms with Gasteiger partial charge in [-0.1, -0.05) is 0 Å². The van der Waals surface area contributed by atoms with Crippen LogP contribution in [0.5, 0.6) is 0 Å². The maximum atomic E-state index is 9.87. The van der Waals surface area contributed by atoms with E-state index in [1.54, 1.807) is 0 Å². The zero-order valence-corrected chi connectivity index (χ0v) is 13.0. The van der Waals surface area contributed by atoms with E-state index in [1.807, 2.05) is 0 Å². The van der Waals surface area contributed by atoms with Crippen LogP contribution in [0.25, 0.3) is 0 Å². The summed E-state index contributed by atoms with van der Waals surface area (Å²) in [4.78, 5) is 25.2. The highest BCUT2D eigenvalue weighted by Crippen LogP contribution is 2.30. The molecule has 0 saturated carbocycles. The third-order valence-corrected chi connectivity index (χ3v) is 2.59. The molecule has 0 aliphatic heterocycles. The van der Waals surface area contributed by atoms with Gasteiger partial charge >= 0.3 is 16.5 Å². The summed E-state index contributed by atoms with van der Waals surface area (Å²) in [6.45, 7) is 1.24. The Bertz CT molecular complexity index is 352. The Morgan fingerprint density at radius 1 is 1.09 bits per heavy atom. The number of hydrogen-bond donors (Lipinski definition) is 9. The van der Waals surface area contributed by atoms with Crippen molar-refractivity contribution in [2.75, 3.05) is 0 Å². The SMILES string of the molecule is CC(O)C(O)C(O)C(O)C=O.N=C(N)N.O=[P+](O)O[P+](=O)O. The number of nitrogens with one attached hydrogen (secondary N) is 1. The van der Waals surface area contributed by atoms with Crippen LogP contribution in [0.2, 0.25) is 0 Å². The van der Waals surface area contributed by atoms with E-state index in [4.69, 9.17) is 35.6 Å². The normalized spacial score (nSPS) is 16.3. The van der Waals surface area contributed by atoms with Crippen LogP contribution >= 0.6 is 16.5 Å². The lowest BCUT2D eigenvalue weighted by molar-refractivity contribution is -0.132. The first-order valence-electron chi connectivity index (χ1n) is 5.14. The first-order valence-corrected chi connectivity index (χ1v) is 7.40. The van der Waals surface area contributed by atoms with E-state index in [1.165, 1.54) is 6.92 Å². The molecule has 0 aromatic carbocycles. The second kappa shape index (κ2) is 14.8. The first kappa shape index (κ1) is 25.8. The van der Waals surface area contributed by atoms with Crippen LogP contribution in [0, 0.1) is 5.41 Å². The molecular formula is C7H19N3O10P2+2. The number of aliphatic hydroxyl groups excluding tert-OH is 4. The highest BCUT2D eigenvalue weighted by Gasteiger charge is 2.31. The minimum atomic E-state index is -2.92. The molecule has 0 aromatic heterocycles. The van der Waals surface area contributed by atoms with Gasteiger partial charge in [0, 0.05) is 9.13 Å². The van der Waals surface area contributed by atoms with Crippen LogP contribution in [-0.2, 0) is 18.2 Å². The Morgan fingerprint density at radius 2 is 1.41 bits per heavy atom. The van der Waals surface area contributed by atoms with Gasteiger partial charge < -0.3 is 36.7 Å². The highest BCUT2D eigenvalue weighted by atomic mass is 31.2. The van der Waals surface area contributed by atoms with Gasteiger partial charge in [-0.15, -0.1) is 9.79 Å². The predicted octanol–water partition coefficient (Wildman–Crippen LogP) is -3.21. The summed E-state index contributed by atoms with van der Waals surface area (Å²) in [7, 11) is -5.85. The van der Waals surface area contributed by atoms with Gasteiger partial charge in [-0.25, -0.2) is 0 Å². The van der Waals surface area contributed by atoms with Gasteiger partial charge in [0.25, 0.3) is 0 Å². The summed E-state index contributed by atoms with van der Waals surface area (Å²) < 4.78 is 22.2. The molecular weight excluding hydrogens is 348 g/mol. The molecule has 0 radical (unpaired) electrons. The molecule has 0 bridgehead atoms. The van der Waals surface area contributed by atoms with Gasteiger partial charge in [-0.2, -0.15) is 0 Å². The van der Waals surface area contributed by atoms with Gasteiger partial charge in [0.1, 0.15) is 18.3 Å². The minimum Gasteiger partial charge on any atom is -0.391 e. The Labute approximate surface area is 126 Å². The molecule has 0 aliphatic rings. The zero-order valence-electron chi connectivity index (χ0n) is 11.3. The number of carbonyl (C=O) groups excluding carboxylic acids is 1. The van der Waals surface area contributed by atoms with Gasteiger partial charge in [-0.3, -0.25) is 5.41 Å². The standard InChI is InChI=1S/C6H12O5.CH5N3.O5P2/c1-3(8)5(10)6(11)4(9)2-7;2-1(3)4;1-6(2)5-7(3)4/h2-6,8-11H,1H3;(H5,2,3,4);/p+2. The van der Waals surface area contributed by atoms with Crippen LogP contribution in [0.4, 0.5) is 0 Å². The average Bonchev–Trinajstić information content (AvgIpc) is 2.34. The second-order valence-electron chi connectivity index (χ2n) is 3.36. The molecule has 22 heavy (non-hydrogen) atoms. The van der Waals surface area contributed by atoms with Crippen molar-refractivity contribution in [1.29, 1.82) is 5.41 Å². The van der Waals surface area contributed by atoms with E-state index in [9.17, 15) is 13.9 Å². The lowest BCUT2D eigenvalue weighted by Gasteiger charge is -2.21. The largest absolute Gasteiger partial charge is 0.745 e. The number of rotatable bonds is 6. The first-order chi connectivity index (χ1) is 9.86. The van der Waals surface area contributed by atoms with Crippen molar-refractivity contribution >= 4 is 28.8 Å². The predicted molar refractivity (Wildman–Crippen MR) is 72.6 cm³/mol. The van der Waals surface area contributed by atoms with Crippen molar-refractivity contribution in [3.8, 4) is 0 Å². The van der Waals surface area contributed by atoms with Gasteiger partial charge in [0.15, 0.2) is 16.6 Å². The van der Waals surface area contributed by atoms with Crippen LogP contribution in [-0.4, -0.2) is 66.9 Å². The fourth-order valence-corrected chi connectivity index (χ4v) is 1.11. The van der Waals surface area contributed by atoms with Gasteiger partial charge in [-0.05, 0) is 6.92 Å². The molecule has 6 atom stereocenters. The highest BCUT2D eigenvalue weighted by molar-refractivity contribution is 7.46. The number of aliphatic hydroxyl groups is 4. The van der Waals surface area contributed by atoms with E-state index in [-0.39, 0.29) is 12.2 Å². The molecule has 0 aliphatic carbocycles. The van der Waals surface area contributed by atoms with Crippen molar-refractivity contribution in [3.63, 3.8) is 0 Å². The van der Waals surface area contributed by atoms with Crippen molar-refractivity contribution in [2.24, 2.45) is 11.5 Å². The summed E-state index contributed by atoms with van der Waals surface area (Å²) in [6.07, 6.45) is -5.88. The third-order valence-electron chi connectivity index (χ3n) is 1.47. The third kappa shape index (κ3) is 21.2. The van der Waals surface area contributed by atoms with Crippen LogP contribution in [0.1, 0.15) is 6.92 Å². The van der Waals surface area contributed by atoms with E-state index < -0.39 is 40.9 Å². The fourth-order valence-electron chi connectivity index (χ4n) is 0.628. The lowest BCUT2D eigenvalue weighted by atomic mass is 10.1. The Balaban J connectivity index is -0.000000280. The van der Waals surface area contributed by atoms with E-state index in [0.717, 1.165) is 0 Å².